The van der Waals surface area contributed by atoms with E-state index < -0.39 is 0 Å². The highest BCUT2D eigenvalue weighted by atomic mass is 32.1. The van der Waals surface area contributed by atoms with Gasteiger partial charge in [-0.25, -0.2) is 0 Å². The summed E-state index contributed by atoms with van der Waals surface area (Å²) in [6.45, 7) is 12.6. The van der Waals surface area contributed by atoms with E-state index in [0.717, 1.165) is 44.8 Å². The van der Waals surface area contributed by atoms with Gasteiger partial charge in [0.2, 0.25) is 0 Å². The van der Waals surface area contributed by atoms with Gasteiger partial charge in [0.05, 0.1) is 0 Å². The van der Waals surface area contributed by atoms with E-state index in [9.17, 15) is 4.79 Å². The van der Waals surface area contributed by atoms with Crippen LogP contribution in [-0.4, -0.2) is 47.9 Å². The molecular formula is C24H35N3OS. The van der Waals surface area contributed by atoms with Gasteiger partial charge in [0, 0.05) is 42.7 Å². The summed E-state index contributed by atoms with van der Waals surface area (Å²) < 4.78 is 0. The third kappa shape index (κ3) is 6.66. The van der Waals surface area contributed by atoms with Gasteiger partial charge in [-0.15, -0.1) is 11.3 Å². The number of piperidine rings is 1. The van der Waals surface area contributed by atoms with Gasteiger partial charge in [-0.1, -0.05) is 25.1 Å². The van der Waals surface area contributed by atoms with Crippen LogP contribution in [0.3, 0.4) is 0 Å². The van der Waals surface area contributed by atoms with Crippen molar-refractivity contribution in [3.05, 3.63) is 57.8 Å². The van der Waals surface area contributed by atoms with E-state index in [4.69, 9.17) is 0 Å². The molecule has 158 valence electrons. The predicted molar refractivity (Wildman–Crippen MR) is 122 cm³/mol. The molecule has 1 N–H and O–H groups in total. The molecule has 1 atom stereocenters. The molecule has 0 spiro atoms. The van der Waals surface area contributed by atoms with E-state index in [1.165, 1.54) is 23.3 Å². The Hall–Kier alpha value is -1.69. The van der Waals surface area contributed by atoms with Crippen LogP contribution in [-0.2, 0) is 13.1 Å². The van der Waals surface area contributed by atoms with E-state index in [1.54, 1.807) is 0 Å². The topological polar surface area (TPSA) is 35.6 Å². The molecule has 0 bridgehead atoms. The lowest BCUT2D eigenvalue weighted by atomic mass is 9.97. The van der Waals surface area contributed by atoms with Gasteiger partial charge in [-0.3, -0.25) is 14.6 Å². The Balaban J connectivity index is 1.46. The van der Waals surface area contributed by atoms with Crippen molar-refractivity contribution in [1.82, 2.24) is 15.1 Å². The maximum Gasteiger partial charge on any atom is 0.251 e. The summed E-state index contributed by atoms with van der Waals surface area (Å²) in [5.41, 5.74) is 2.01. The number of thiophene rings is 1. The van der Waals surface area contributed by atoms with Crippen molar-refractivity contribution in [3.8, 4) is 0 Å². The van der Waals surface area contributed by atoms with E-state index in [0.29, 0.717) is 12.0 Å². The number of likely N-dealkylation sites (tertiary alicyclic amines) is 1. The van der Waals surface area contributed by atoms with Crippen LogP contribution in [0.4, 0.5) is 0 Å². The van der Waals surface area contributed by atoms with E-state index in [-0.39, 0.29) is 5.91 Å². The summed E-state index contributed by atoms with van der Waals surface area (Å²) in [5.74, 6) is 0.583. The van der Waals surface area contributed by atoms with Crippen LogP contribution in [0.5, 0.6) is 0 Å². The third-order valence-corrected chi connectivity index (χ3v) is 6.71. The fraction of sp³-hybridized carbons (Fsp3) is 0.542. The summed E-state index contributed by atoms with van der Waals surface area (Å²) in [5, 5.41) is 5.31. The Morgan fingerprint density at radius 2 is 2.07 bits per heavy atom. The molecule has 1 aliphatic heterocycles. The van der Waals surface area contributed by atoms with E-state index in [1.807, 2.05) is 23.5 Å². The highest BCUT2D eigenvalue weighted by Gasteiger charge is 2.21. The van der Waals surface area contributed by atoms with Crippen LogP contribution in [0, 0.1) is 5.92 Å². The number of benzene rings is 1. The van der Waals surface area contributed by atoms with E-state index in [2.05, 4.69) is 65.5 Å². The molecule has 1 saturated heterocycles. The van der Waals surface area contributed by atoms with Crippen molar-refractivity contribution in [2.24, 2.45) is 5.92 Å². The molecule has 0 aliphatic carbocycles. The molecule has 0 saturated carbocycles. The number of rotatable bonds is 9. The van der Waals surface area contributed by atoms with Crippen LogP contribution in [0.1, 0.15) is 54.4 Å². The second-order valence-electron chi connectivity index (χ2n) is 8.39. The van der Waals surface area contributed by atoms with Gasteiger partial charge in [0.25, 0.3) is 5.91 Å². The van der Waals surface area contributed by atoms with Crippen molar-refractivity contribution in [3.63, 3.8) is 0 Å². The minimum atomic E-state index is 0.0446. The molecule has 1 unspecified atom stereocenters. The van der Waals surface area contributed by atoms with Crippen LogP contribution >= 0.6 is 11.3 Å². The number of carbonyl (C=O) groups excluding carboxylic acids is 1. The molecule has 1 fully saturated rings. The molecule has 1 aromatic heterocycles. The minimum absolute atomic E-state index is 0.0446. The van der Waals surface area contributed by atoms with Gasteiger partial charge in [-0.2, -0.15) is 0 Å². The van der Waals surface area contributed by atoms with Crippen molar-refractivity contribution in [2.75, 3.05) is 26.2 Å². The second kappa shape index (κ2) is 10.9. The van der Waals surface area contributed by atoms with Crippen LogP contribution < -0.4 is 5.32 Å². The second-order valence-corrected chi connectivity index (χ2v) is 9.42. The first-order valence-electron chi connectivity index (χ1n) is 10.9. The van der Waals surface area contributed by atoms with Gasteiger partial charge in [0.1, 0.15) is 0 Å². The first-order chi connectivity index (χ1) is 14.0. The fourth-order valence-corrected chi connectivity index (χ4v) is 4.83. The van der Waals surface area contributed by atoms with Crippen molar-refractivity contribution in [2.45, 2.75) is 52.7 Å². The SMILES string of the molecule is CCN(Cc1ccc(C(=O)NCC2CCCN(Cc3cccs3)C2)cc1)C(C)C. The molecular weight excluding hydrogens is 378 g/mol. The maximum absolute atomic E-state index is 12.6. The number of nitrogens with one attached hydrogen (secondary N) is 1. The maximum atomic E-state index is 12.6. The molecule has 0 radical (unpaired) electrons. The largest absolute Gasteiger partial charge is 0.352 e. The fourth-order valence-electron chi connectivity index (χ4n) is 4.08. The van der Waals surface area contributed by atoms with Gasteiger partial charge in [-0.05, 0) is 74.8 Å². The normalized spacial score (nSPS) is 17.8. The Kier molecular flexibility index (Phi) is 8.28. The number of amides is 1. The zero-order valence-corrected chi connectivity index (χ0v) is 18.9. The molecule has 3 rings (SSSR count). The highest BCUT2D eigenvalue weighted by molar-refractivity contribution is 7.09. The predicted octanol–water partition coefficient (Wildman–Crippen LogP) is 4.62. The summed E-state index contributed by atoms with van der Waals surface area (Å²) in [6.07, 6.45) is 2.41. The molecule has 1 aliphatic rings. The molecule has 4 nitrogen and oxygen atoms in total. The zero-order valence-electron chi connectivity index (χ0n) is 18.1. The Bertz CT molecular complexity index is 742. The molecule has 2 heterocycles. The molecule has 5 heteroatoms. The zero-order chi connectivity index (χ0) is 20.6. The van der Waals surface area contributed by atoms with Gasteiger partial charge < -0.3 is 5.32 Å². The van der Waals surface area contributed by atoms with Crippen LogP contribution in [0.2, 0.25) is 0 Å². The smallest absolute Gasteiger partial charge is 0.251 e. The van der Waals surface area contributed by atoms with E-state index >= 15 is 0 Å². The monoisotopic (exact) mass is 413 g/mol. The Morgan fingerprint density at radius 1 is 1.28 bits per heavy atom. The van der Waals surface area contributed by atoms with Gasteiger partial charge >= 0.3 is 0 Å². The Labute approximate surface area is 179 Å². The summed E-state index contributed by atoms with van der Waals surface area (Å²) in [6, 6.07) is 13.0. The molecule has 1 aromatic carbocycles. The number of hydrogen-bond donors (Lipinski definition) is 1. The quantitative estimate of drug-likeness (QED) is 0.651. The Morgan fingerprint density at radius 3 is 2.72 bits per heavy atom. The van der Waals surface area contributed by atoms with Gasteiger partial charge in [0.15, 0.2) is 0 Å². The van der Waals surface area contributed by atoms with Crippen molar-refractivity contribution >= 4 is 17.2 Å². The van der Waals surface area contributed by atoms with Crippen molar-refractivity contribution in [1.29, 1.82) is 0 Å². The number of nitrogens with zero attached hydrogens (tertiary/aromatic N) is 2. The average Bonchev–Trinajstić information content (AvgIpc) is 3.23. The van der Waals surface area contributed by atoms with Crippen LogP contribution in [0.25, 0.3) is 0 Å². The standard InChI is InChI=1S/C24H35N3OS/c1-4-27(19(2)3)17-20-9-11-22(12-10-20)24(28)25-15-21-7-5-13-26(16-21)18-23-8-6-14-29-23/h6,8-12,14,19,21H,4-5,7,13,15-18H2,1-3H3,(H,25,28). The minimum Gasteiger partial charge on any atom is -0.352 e. The average molecular weight is 414 g/mol. The highest BCUT2D eigenvalue weighted by Crippen LogP contribution is 2.20. The third-order valence-electron chi connectivity index (χ3n) is 5.85. The summed E-state index contributed by atoms with van der Waals surface area (Å²) in [7, 11) is 0. The molecule has 29 heavy (non-hydrogen) atoms. The lowest BCUT2D eigenvalue weighted by molar-refractivity contribution is 0.0931. The molecule has 1 amide bonds. The summed E-state index contributed by atoms with van der Waals surface area (Å²) >= 11 is 1.83. The first-order valence-corrected chi connectivity index (χ1v) is 11.8. The first kappa shape index (κ1) is 22.0. The van der Waals surface area contributed by atoms with Crippen molar-refractivity contribution < 1.29 is 4.79 Å². The van der Waals surface area contributed by atoms with Crippen LogP contribution in [0.15, 0.2) is 41.8 Å². The number of carbonyl (C=O) groups is 1. The lowest BCUT2D eigenvalue weighted by Gasteiger charge is -2.32. The summed E-state index contributed by atoms with van der Waals surface area (Å²) in [4.78, 5) is 19.0. The molecule has 2 aromatic rings. The lowest BCUT2D eigenvalue weighted by Crippen LogP contribution is -2.40. The number of hydrogen-bond acceptors (Lipinski definition) is 4.